The summed E-state index contributed by atoms with van der Waals surface area (Å²) in [5.74, 6) is 0.550. The topological polar surface area (TPSA) is 37.8 Å². The van der Waals surface area contributed by atoms with Gasteiger partial charge in [0, 0.05) is 30.6 Å². The largest absolute Gasteiger partial charge is 0.316 e. The van der Waals surface area contributed by atoms with E-state index in [0.29, 0.717) is 17.4 Å². The SMILES string of the molecule is CNC1CC(c2cnccn2)C1(C)C. The molecular formula is C11H17N3. The van der Waals surface area contributed by atoms with Crippen LogP contribution in [0.4, 0.5) is 0 Å². The van der Waals surface area contributed by atoms with E-state index in [4.69, 9.17) is 0 Å². The maximum absolute atomic E-state index is 4.37. The molecule has 0 radical (unpaired) electrons. The van der Waals surface area contributed by atoms with Gasteiger partial charge in [-0.25, -0.2) is 0 Å². The third-order valence-electron chi connectivity index (χ3n) is 3.56. The number of nitrogens with zero attached hydrogens (tertiary/aromatic N) is 2. The second kappa shape index (κ2) is 3.31. The van der Waals surface area contributed by atoms with Crippen molar-refractivity contribution in [2.24, 2.45) is 5.41 Å². The summed E-state index contributed by atoms with van der Waals surface area (Å²) < 4.78 is 0. The summed E-state index contributed by atoms with van der Waals surface area (Å²) in [6.45, 7) is 4.58. The summed E-state index contributed by atoms with van der Waals surface area (Å²) in [6.07, 6.45) is 6.56. The molecule has 0 saturated heterocycles. The molecule has 1 aromatic heterocycles. The van der Waals surface area contributed by atoms with Crippen molar-refractivity contribution < 1.29 is 0 Å². The zero-order valence-electron chi connectivity index (χ0n) is 8.99. The monoisotopic (exact) mass is 191 g/mol. The van der Waals surface area contributed by atoms with Crippen molar-refractivity contribution in [3.05, 3.63) is 24.3 Å². The summed E-state index contributed by atoms with van der Waals surface area (Å²) in [4.78, 5) is 8.50. The van der Waals surface area contributed by atoms with Crippen molar-refractivity contribution in [1.29, 1.82) is 0 Å². The summed E-state index contributed by atoms with van der Waals surface area (Å²) in [6, 6.07) is 0.606. The molecule has 0 spiro atoms. The Hall–Kier alpha value is -0.960. The van der Waals surface area contributed by atoms with E-state index in [2.05, 4.69) is 29.1 Å². The van der Waals surface area contributed by atoms with Crippen LogP contribution < -0.4 is 5.32 Å². The quantitative estimate of drug-likeness (QED) is 0.771. The van der Waals surface area contributed by atoms with Crippen molar-refractivity contribution in [3.63, 3.8) is 0 Å². The van der Waals surface area contributed by atoms with E-state index in [9.17, 15) is 0 Å². The molecule has 0 bridgehead atoms. The van der Waals surface area contributed by atoms with E-state index < -0.39 is 0 Å². The van der Waals surface area contributed by atoms with Crippen molar-refractivity contribution >= 4 is 0 Å². The van der Waals surface area contributed by atoms with Crippen molar-refractivity contribution in [2.75, 3.05) is 7.05 Å². The Morgan fingerprint density at radius 3 is 2.71 bits per heavy atom. The second-order valence-electron chi connectivity index (χ2n) is 4.58. The van der Waals surface area contributed by atoms with Gasteiger partial charge in [0.25, 0.3) is 0 Å². The Bertz CT molecular complexity index is 308. The van der Waals surface area contributed by atoms with Crippen LogP contribution in [0.2, 0.25) is 0 Å². The summed E-state index contributed by atoms with van der Waals surface area (Å²) in [5.41, 5.74) is 1.43. The smallest absolute Gasteiger partial charge is 0.0624 e. The maximum atomic E-state index is 4.37. The Morgan fingerprint density at radius 2 is 2.21 bits per heavy atom. The lowest BCUT2D eigenvalue weighted by Crippen LogP contribution is -2.54. The maximum Gasteiger partial charge on any atom is 0.0624 e. The Balaban J connectivity index is 2.17. The summed E-state index contributed by atoms with van der Waals surface area (Å²) in [5, 5.41) is 3.34. The molecule has 1 saturated carbocycles. The normalized spacial score (nSPS) is 29.6. The fraction of sp³-hybridized carbons (Fsp3) is 0.636. The molecule has 2 rings (SSSR count). The van der Waals surface area contributed by atoms with Crippen LogP contribution in [-0.4, -0.2) is 23.1 Å². The molecular weight excluding hydrogens is 174 g/mol. The zero-order valence-corrected chi connectivity index (χ0v) is 8.99. The summed E-state index contributed by atoms with van der Waals surface area (Å²) >= 11 is 0. The molecule has 76 valence electrons. The first-order valence-corrected chi connectivity index (χ1v) is 5.09. The fourth-order valence-corrected chi connectivity index (χ4v) is 2.41. The molecule has 0 aliphatic heterocycles. The highest BCUT2D eigenvalue weighted by molar-refractivity contribution is 5.18. The van der Waals surface area contributed by atoms with Gasteiger partial charge in [-0.1, -0.05) is 13.8 Å². The zero-order chi connectivity index (χ0) is 10.2. The van der Waals surface area contributed by atoms with Crippen LogP contribution in [-0.2, 0) is 0 Å². The lowest BCUT2D eigenvalue weighted by molar-refractivity contribution is 0.0722. The first-order chi connectivity index (χ1) is 6.66. The molecule has 1 aromatic rings. The second-order valence-corrected chi connectivity index (χ2v) is 4.58. The molecule has 1 aliphatic carbocycles. The number of hydrogen-bond donors (Lipinski definition) is 1. The van der Waals surface area contributed by atoms with Gasteiger partial charge < -0.3 is 5.32 Å². The van der Waals surface area contributed by atoms with Crippen molar-refractivity contribution in [2.45, 2.75) is 32.2 Å². The number of hydrogen-bond acceptors (Lipinski definition) is 3. The highest BCUT2D eigenvalue weighted by atomic mass is 14.9. The van der Waals surface area contributed by atoms with Crippen LogP contribution in [0.1, 0.15) is 31.9 Å². The molecule has 0 aromatic carbocycles. The fourth-order valence-electron chi connectivity index (χ4n) is 2.41. The van der Waals surface area contributed by atoms with Crippen LogP contribution >= 0.6 is 0 Å². The standard InChI is InChI=1S/C11H17N3/c1-11(2)8(6-10(11)12-3)9-7-13-4-5-14-9/h4-5,7-8,10,12H,6H2,1-3H3. The Kier molecular flexibility index (Phi) is 2.27. The van der Waals surface area contributed by atoms with Gasteiger partial charge in [0.2, 0.25) is 0 Å². The average molecular weight is 191 g/mol. The number of rotatable bonds is 2. The highest BCUT2D eigenvalue weighted by Gasteiger charge is 2.48. The Labute approximate surface area is 85.0 Å². The van der Waals surface area contributed by atoms with Gasteiger partial charge in [-0.15, -0.1) is 0 Å². The predicted molar refractivity (Wildman–Crippen MR) is 56.0 cm³/mol. The number of aromatic nitrogens is 2. The van der Waals surface area contributed by atoms with Gasteiger partial charge in [-0.05, 0) is 18.9 Å². The van der Waals surface area contributed by atoms with Gasteiger partial charge in [-0.3, -0.25) is 9.97 Å². The lowest BCUT2D eigenvalue weighted by atomic mass is 9.57. The minimum Gasteiger partial charge on any atom is -0.316 e. The molecule has 1 fully saturated rings. The highest BCUT2D eigenvalue weighted by Crippen LogP contribution is 2.51. The van der Waals surface area contributed by atoms with Crippen LogP contribution in [0.25, 0.3) is 0 Å². The van der Waals surface area contributed by atoms with E-state index in [1.165, 1.54) is 6.42 Å². The predicted octanol–water partition coefficient (Wildman–Crippen LogP) is 1.58. The first kappa shape index (κ1) is 9.59. The molecule has 3 heteroatoms. The minimum absolute atomic E-state index is 0.296. The molecule has 1 aliphatic rings. The average Bonchev–Trinajstić information content (AvgIpc) is 2.18. The van der Waals surface area contributed by atoms with E-state index in [1.807, 2.05) is 13.2 Å². The van der Waals surface area contributed by atoms with E-state index >= 15 is 0 Å². The molecule has 1 heterocycles. The molecule has 1 N–H and O–H groups in total. The van der Waals surface area contributed by atoms with Gasteiger partial charge >= 0.3 is 0 Å². The van der Waals surface area contributed by atoms with Crippen molar-refractivity contribution in [1.82, 2.24) is 15.3 Å². The first-order valence-electron chi connectivity index (χ1n) is 5.09. The molecule has 14 heavy (non-hydrogen) atoms. The van der Waals surface area contributed by atoms with Gasteiger partial charge in [0.05, 0.1) is 5.69 Å². The minimum atomic E-state index is 0.296. The van der Waals surface area contributed by atoms with E-state index in [-0.39, 0.29) is 0 Å². The van der Waals surface area contributed by atoms with Gasteiger partial charge in [0.15, 0.2) is 0 Å². The van der Waals surface area contributed by atoms with Crippen LogP contribution in [0.5, 0.6) is 0 Å². The van der Waals surface area contributed by atoms with Gasteiger partial charge in [0.1, 0.15) is 0 Å². The van der Waals surface area contributed by atoms with Crippen LogP contribution in [0.15, 0.2) is 18.6 Å². The van der Waals surface area contributed by atoms with E-state index in [0.717, 1.165) is 5.69 Å². The molecule has 2 unspecified atom stereocenters. The van der Waals surface area contributed by atoms with Crippen LogP contribution in [0.3, 0.4) is 0 Å². The van der Waals surface area contributed by atoms with Gasteiger partial charge in [-0.2, -0.15) is 0 Å². The third-order valence-corrected chi connectivity index (χ3v) is 3.56. The number of nitrogens with one attached hydrogen (secondary N) is 1. The summed E-state index contributed by atoms with van der Waals surface area (Å²) in [7, 11) is 2.03. The molecule has 0 amide bonds. The van der Waals surface area contributed by atoms with Crippen molar-refractivity contribution in [3.8, 4) is 0 Å². The lowest BCUT2D eigenvalue weighted by Gasteiger charge is -2.51. The van der Waals surface area contributed by atoms with Crippen LogP contribution in [0, 0.1) is 5.41 Å². The molecule has 3 nitrogen and oxygen atoms in total. The molecule has 2 atom stereocenters. The van der Waals surface area contributed by atoms with E-state index in [1.54, 1.807) is 12.4 Å². The third kappa shape index (κ3) is 1.32. The Morgan fingerprint density at radius 1 is 1.43 bits per heavy atom.